The van der Waals surface area contributed by atoms with Crippen LogP contribution in [0.25, 0.3) is 0 Å². The first-order valence-corrected chi connectivity index (χ1v) is 7.78. The van der Waals surface area contributed by atoms with Crippen molar-refractivity contribution < 1.29 is 19.1 Å². The fourth-order valence-corrected chi connectivity index (χ4v) is 2.21. The zero-order valence-corrected chi connectivity index (χ0v) is 14.1. The lowest BCUT2D eigenvalue weighted by Crippen LogP contribution is -2.18. The SMILES string of the molecule is CCC(=O)Nc1cccc(OCC(=O)Oc2cc(C)cc(C)c2)c1. The van der Waals surface area contributed by atoms with Crippen LogP contribution in [0.2, 0.25) is 0 Å². The average molecular weight is 327 g/mol. The molecule has 0 aliphatic heterocycles. The summed E-state index contributed by atoms with van der Waals surface area (Å²) in [6, 6.07) is 12.5. The van der Waals surface area contributed by atoms with Crippen LogP contribution in [-0.2, 0) is 9.59 Å². The molecule has 0 bridgehead atoms. The first-order valence-electron chi connectivity index (χ1n) is 7.78. The van der Waals surface area contributed by atoms with Crippen LogP contribution in [0.4, 0.5) is 5.69 Å². The van der Waals surface area contributed by atoms with E-state index in [1.165, 1.54) is 0 Å². The molecule has 1 N–H and O–H groups in total. The third-order valence-corrected chi connectivity index (χ3v) is 3.22. The molecule has 0 heterocycles. The molecule has 0 aromatic heterocycles. The second-order valence-corrected chi connectivity index (χ2v) is 5.52. The minimum Gasteiger partial charge on any atom is -0.482 e. The lowest BCUT2D eigenvalue weighted by molar-refractivity contribution is -0.136. The second kappa shape index (κ2) is 8.15. The van der Waals surface area contributed by atoms with E-state index in [2.05, 4.69) is 5.32 Å². The Bertz CT molecular complexity index is 720. The number of anilines is 1. The first-order chi connectivity index (χ1) is 11.5. The lowest BCUT2D eigenvalue weighted by atomic mass is 10.1. The van der Waals surface area contributed by atoms with Gasteiger partial charge in [0.05, 0.1) is 0 Å². The molecule has 0 saturated carbocycles. The van der Waals surface area contributed by atoms with Crippen molar-refractivity contribution in [1.29, 1.82) is 0 Å². The van der Waals surface area contributed by atoms with E-state index in [4.69, 9.17) is 9.47 Å². The molecule has 0 saturated heterocycles. The Morgan fingerprint density at radius 2 is 1.71 bits per heavy atom. The van der Waals surface area contributed by atoms with E-state index in [1.54, 1.807) is 43.3 Å². The number of ether oxygens (including phenoxy) is 2. The number of esters is 1. The Hall–Kier alpha value is -2.82. The number of aryl methyl sites for hydroxylation is 2. The number of carbonyl (C=O) groups excluding carboxylic acids is 2. The van der Waals surface area contributed by atoms with Crippen LogP contribution < -0.4 is 14.8 Å². The number of carbonyl (C=O) groups is 2. The van der Waals surface area contributed by atoms with Gasteiger partial charge in [-0.2, -0.15) is 0 Å². The molecule has 0 aliphatic carbocycles. The van der Waals surface area contributed by atoms with Crippen molar-refractivity contribution in [2.24, 2.45) is 0 Å². The molecule has 2 aromatic carbocycles. The van der Waals surface area contributed by atoms with Crippen LogP contribution in [0, 0.1) is 13.8 Å². The first kappa shape index (κ1) is 17.5. The van der Waals surface area contributed by atoms with Gasteiger partial charge in [0.25, 0.3) is 0 Å². The van der Waals surface area contributed by atoms with Gasteiger partial charge in [-0.1, -0.05) is 19.1 Å². The highest BCUT2D eigenvalue weighted by Crippen LogP contribution is 2.19. The van der Waals surface area contributed by atoms with Gasteiger partial charge < -0.3 is 14.8 Å². The van der Waals surface area contributed by atoms with Gasteiger partial charge in [-0.15, -0.1) is 0 Å². The summed E-state index contributed by atoms with van der Waals surface area (Å²) in [5, 5.41) is 2.74. The third kappa shape index (κ3) is 5.43. The monoisotopic (exact) mass is 327 g/mol. The molecule has 1 amide bonds. The smallest absolute Gasteiger partial charge is 0.349 e. The van der Waals surface area contributed by atoms with Gasteiger partial charge in [0, 0.05) is 18.2 Å². The Morgan fingerprint density at radius 1 is 1.00 bits per heavy atom. The minimum absolute atomic E-state index is 0.0821. The minimum atomic E-state index is -0.483. The number of rotatable bonds is 6. The van der Waals surface area contributed by atoms with Crippen LogP contribution >= 0.6 is 0 Å². The summed E-state index contributed by atoms with van der Waals surface area (Å²) in [5.74, 6) is 0.427. The highest BCUT2D eigenvalue weighted by molar-refractivity contribution is 5.90. The van der Waals surface area contributed by atoms with E-state index in [0.717, 1.165) is 11.1 Å². The summed E-state index contributed by atoms with van der Waals surface area (Å²) in [6.07, 6.45) is 0.396. The molecule has 5 heteroatoms. The van der Waals surface area contributed by atoms with Gasteiger partial charge in [-0.05, 0) is 49.2 Å². The van der Waals surface area contributed by atoms with Crippen LogP contribution in [0.3, 0.4) is 0 Å². The lowest BCUT2D eigenvalue weighted by Gasteiger charge is -2.09. The molecule has 2 rings (SSSR count). The maximum Gasteiger partial charge on any atom is 0.349 e. The van der Waals surface area contributed by atoms with Gasteiger partial charge in [0.15, 0.2) is 6.61 Å². The van der Waals surface area contributed by atoms with E-state index in [1.807, 2.05) is 19.9 Å². The largest absolute Gasteiger partial charge is 0.482 e. The van der Waals surface area contributed by atoms with Crippen LogP contribution in [0.5, 0.6) is 11.5 Å². The Labute approximate surface area is 141 Å². The summed E-state index contributed by atoms with van der Waals surface area (Å²) < 4.78 is 10.7. The van der Waals surface area contributed by atoms with Crippen LogP contribution in [0.15, 0.2) is 42.5 Å². The number of hydrogen-bond acceptors (Lipinski definition) is 4. The summed E-state index contributed by atoms with van der Waals surface area (Å²) in [4.78, 5) is 23.3. The zero-order valence-electron chi connectivity index (χ0n) is 14.1. The molecule has 0 fully saturated rings. The average Bonchev–Trinajstić information content (AvgIpc) is 2.52. The predicted molar refractivity (Wildman–Crippen MR) is 92.4 cm³/mol. The quantitative estimate of drug-likeness (QED) is 0.650. The fourth-order valence-electron chi connectivity index (χ4n) is 2.21. The molecule has 5 nitrogen and oxygen atoms in total. The fraction of sp³-hybridized carbons (Fsp3) is 0.263. The molecule has 0 unspecified atom stereocenters. The summed E-state index contributed by atoms with van der Waals surface area (Å²) >= 11 is 0. The molecule has 126 valence electrons. The number of amides is 1. The van der Waals surface area contributed by atoms with Gasteiger partial charge in [0.2, 0.25) is 5.91 Å². The summed E-state index contributed by atoms with van der Waals surface area (Å²) in [7, 11) is 0. The third-order valence-electron chi connectivity index (χ3n) is 3.22. The molecule has 2 aromatic rings. The van der Waals surface area contributed by atoms with Gasteiger partial charge in [-0.3, -0.25) is 4.79 Å². The molecule has 0 aliphatic rings. The highest BCUT2D eigenvalue weighted by Gasteiger charge is 2.08. The second-order valence-electron chi connectivity index (χ2n) is 5.52. The number of benzene rings is 2. The van der Waals surface area contributed by atoms with Crippen molar-refractivity contribution in [3.05, 3.63) is 53.6 Å². The molecule has 0 atom stereocenters. The van der Waals surface area contributed by atoms with Gasteiger partial charge >= 0.3 is 5.97 Å². The van der Waals surface area contributed by atoms with Crippen molar-refractivity contribution in [2.45, 2.75) is 27.2 Å². The van der Waals surface area contributed by atoms with Crippen molar-refractivity contribution in [1.82, 2.24) is 0 Å². The van der Waals surface area contributed by atoms with Crippen molar-refractivity contribution in [3.8, 4) is 11.5 Å². The van der Waals surface area contributed by atoms with Crippen molar-refractivity contribution in [2.75, 3.05) is 11.9 Å². The van der Waals surface area contributed by atoms with Crippen molar-refractivity contribution in [3.63, 3.8) is 0 Å². The maximum atomic E-state index is 11.9. The zero-order chi connectivity index (χ0) is 17.5. The normalized spacial score (nSPS) is 10.1. The Morgan fingerprint density at radius 3 is 2.38 bits per heavy atom. The van der Waals surface area contributed by atoms with Crippen LogP contribution in [0.1, 0.15) is 24.5 Å². The van der Waals surface area contributed by atoms with E-state index in [0.29, 0.717) is 23.6 Å². The van der Waals surface area contributed by atoms with E-state index in [-0.39, 0.29) is 12.5 Å². The Balaban J connectivity index is 1.91. The molecular formula is C19H21NO4. The highest BCUT2D eigenvalue weighted by atomic mass is 16.6. The number of hydrogen-bond donors (Lipinski definition) is 1. The molecule has 0 spiro atoms. The predicted octanol–water partition coefficient (Wildman–Crippen LogP) is 3.64. The number of nitrogens with one attached hydrogen (secondary N) is 1. The maximum absolute atomic E-state index is 11.9. The van der Waals surface area contributed by atoms with Gasteiger partial charge in [0.1, 0.15) is 11.5 Å². The standard InChI is InChI=1S/C19H21NO4/c1-4-18(21)20-15-6-5-7-16(11-15)23-12-19(22)24-17-9-13(2)8-14(3)10-17/h5-11H,4,12H2,1-3H3,(H,20,21). The summed E-state index contributed by atoms with van der Waals surface area (Å²) in [5.41, 5.74) is 2.68. The molecular weight excluding hydrogens is 306 g/mol. The molecule has 24 heavy (non-hydrogen) atoms. The summed E-state index contributed by atoms with van der Waals surface area (Å²) in [6.45, 7) is 5.45. The van der Waals surface area contributed by atoms with E-state index < -0.39 is 5.97 Å². The molecule has 0 radical (unpaired) electrons. The Kier molecular flexibility index (Phi) is 5.95. The van der Waals surface area contributed by atoms with Gasteiger partial charge in [-0.25, -0.2) is 4.79 Å². The van der Waals surface area contributed by atoms with Crippen LogP contribution in [-0.4, -0.2) is 18.5 Å². The van der Waals surface area contributed by atoms with E-state index >= 15 is 0 Å². The van der Waals surface area contributed by atoms with Crippen molar-refractivity contribution >= 4 is 17.6 Å². The topological polar surface area (TPSA) is 64.6 Å². The van der Waals surface area contributed by atoms with E-state index in [9.17, 15) is 9.59 Å².